The van der Waals surface area contributed by atoms with Crippen LogP contribution in [0.5, 0.6) is 11.5 Å². The van der Waals surface area contributed by atoms with Gasteiger partial charge in [-0.2, -0.15) is 0 Å². The molecule has 35 heavy (non-hydrogen) atoms. The monoisotopic (exact) mass is 469 g/mol. The molecule has 178 valence electrons. The fraction of sp³-hybridized carbons (Fsp3) is 0.241. The molecule has 0 aliphatic heterocycles. The van der Waals surface area contributed by atoms with Crippen LogP contribution in [0, 0.1) is 6.92 Å². The van der Waals surface area contributed by atoms with E-state index in [9.17, 15) is 9.59 Å². The van der Waals surface area contributed by atoms with E-state index in [1.54, 1.807) is 13.2 Å². The molecule has 1 fully saturated rings. The molecule has 0 radical (unpaired) electrons. The number of amides is 1. The number of rotatable bonds is 8. The van der Waals surface area contributed by atoms with Crippen LogP contribution < -0.4 is 15.1 Å². The number of ether oxygens (including phenoxy) is 2. The van der Waals surface area contributed by atoms with Gasteiger partial charge in [-0.3, -0.25) is 4.79 Å². The van der Waals surface area contributed by atoms with E-state index in [0.29, 0.717) is 36.1 Å². The minimum atomic E-state index is -0.375. The number of methoxy groups -OCH3 is 1. The SMILES string of the molecule is COc1ccc(CN(C(=O)c2ccc(COc3ccc4c(C)cc(=O)oc4c3)cc2)C2CC2)cc1. The smallest absolute Gasteiger partial charge is 0.336 e. The van der Waals surface area contributed by atoms with Crippen LogP contribution in [-0.4, -0.2) is 24.0 Å². The van der Waals surface area contributed by atoms with Gasteiger partial charge in [0.25, 0.3) is 5.91 Å². The van der Waals surface area contributed by atoms with Crippen molar-refractivity contribution in [2.45, 2.75) is 39.0 Å². The number of hydrogen-bond donors (Lipinski definition) is 0. The Bertz CT molecular complexity index is 1400. The fourth-order valence-electron chi connectivity index (χ4n) is 4.15. The zero-order valence-corrected chi connectivity index (χ0v) is 19.8. The molecule has 0 atom stereocenters. The zero-order chi connectivity index (χ0) is 24.4. The zero-order valence-electron chi connectivity index (χ0n) is 19.8. The van der Waals surface area contributed by atoms with Gasteiger partial charge < -0.3 is 18.8 Å². The van der Waals surface area contributed by atoms with E-state index in [4.69, 9.17) is 13.9 Å². The lowest BCUT2D eigenvalue weighted by atomic mass is 10.1. The van der Waals surface area contributed by atoms with Gasteiger partial charge in [0, 0.05) is 35.7 Å². The Hall–Kier alpha value is -4.06. The summed E-state index contributed by atoms with van der Waals surface area (Å²) in [5.41, 5.74) is 3.69. The molecule has 0 spiro atoms. The minimum absolute atomic E-state index is 0.0377. The topological polar surface area (TPSA) is 69.0 Å². The van der Waals surface area contributed by atoms with Crippen LogP contribution in [-0.2, 0) is 13.2 Å². The van der Waals surface area contributed by atoms with Gasteiger partial charge in [-0.1, -0.05) is 24.3 Å². The maximum absolute atomic E-state index is 13.3. The second kappa shape index (κ2) is 9.66. The first-order valence-corrected chi connectivity index (χ1v) is 11.7. The Morgan fingerprint density at radius 1 is 0.943 bits per heavy atom. The number of hydrogen-bond acceptors (Lipinski definition) is 5. The maximum atomic E-state index is 13.3. The highest BCUT2D eigenvalue weighted by atomic mass is 16.5. The van der Waals surface area contributed by atoms with Crippen LogP contribution >= 0.6 is 0 Å². The van der Waals surface area contributed by atoms with Crippen molar-refractivity contribution < 1.29 is 18.7 Å². The standard InChI is InChI=1S/C29H27NO5/c1-19-15-28(31)35-27-16-25(13-14-26(19)27)34-18-21-3-7-22(8-4-21)29(32)30(23-9-10-23)17-20-5-11-24(33-2)12-6-20/h3-8,11-16,23H,9-10,17-18H2,1-2H3. The van der Waals surface area contributed by atoms with E-state index in [2.05, 4.69) is 0 Å². The van der Waals surface area contributed by atoms with Crippen molar-refractivity contribution in [2.75, 3.05) is 7.11 Å². The molecule has 6 heteroatoms. The molecule has 1 aliphatic carbocycles. The highest BCUT2D eigenvalue weighted by Gasteiger charge is 2.33. The molecule has 3 aromatic carbocycles. The molecule has 0 N–H and O–H groups in total. The van der Waals surface area contributed by atoms with E-state index in [1.165, 1.54) is 6.07 Å². The average Bonchev–Trinajstić information content (AvgIpc) is 3.71. The third-order valence-electron chi connectivity index (χ3n) is 6.29. The molecule has 1 heterocycles. The molecule has 1 saturated carbocycles. The van der Waals surface area contributed by atoms with Gasteiger partial charge >= 0.3 is 5.63 Å². The van der Waals surface area contributed by atoms with Crippen molar-refractivity contribution in [3.63, 3.8) is 0 Å². The lowest BCUT2D eigenvalue weighted by molar-refractivity contribution is 0.0730. The summed E-state index contributed by atoms with van der Waals surface area (Å²) in [6.07, 6.45) is 2.08. The molecule has 0 bridgehead atoms. The first-order chi connectivity index (χ1) is 17.0. The quantitative estimate of drug-likeness (QED) is 0.319. The van der Waals surface area contributed by atoms with Crippen LogP contribution in [0.2, 0.25) is 0 Å². The first kappa shape index (κ1) is 22.7. The number of carbonyl (C=O) groups excluding carboxylic acids is 1. The summed E-state index contributed by atoms with van der Waals surface area (Å²) < 4.78 is 16.4. The van der Waals surface area contributed by atoms with Gasteiger partial charge in [0.1, 0.15) is 23.7 Å². The molecular weight excluding hydrogens is 442 g/mol. The molecule has 0 saturated heterocycles. The molecule has 4 aromatic rings. The predicted octanol–water partition coefficient (Wildman–Crippen LogP) is 5.49. The Labute approximate surface area is 203 Å². The Kier molecular flexibility index (Phi) is 6.27. The van der Waals surface area contributed by atoms with E-state index in [0.717, 1.165) is 40.7 Å². The van der Waals surface area contributed by atoms with Crippen molar-refractivity contribution in [1.82, 2.24) is 4.90 Å². The van der Waals surface area contributed by atoms with Crippen LogP contribution in [0.3, 0.4) is 0 Å². The summed E-state index contributed by atoms with van der Waals surface area (Å²) in [7, 11) is 1.64. The second-order valence-electron chi connectivity index (χ2n) is 8.90. The van der Waals surface area contributed by atoms with Gasteiger partial charge in [0.2, 0.25) is 0 Å². The summed E-state index contributed by atoms with van der Waals surface area (Å²) in [4.78, 5) is 26.9. The van der Waals surface area contributed by atoms with E-state index in [-0.39, 0.29) is 11.5 Å². The van der Waals surface area contributed by atoms with Crippen molar-refractivity contribution in [3.05, 3.63) is 105 Å². The second-order valence-corrected chi connectivity index (χ2v) is 8.90. The lowest BCUT2D eigenvalue weighted by Gasteiger charge is -2.23. The summed E-state index contributed by atoms with van der Waals surface area (Å²) >= 11 is 0. The van der Waals surface area contributed by atoms with Gasteiger partial charge in [0.15, 0.2) is 0 Å². The predicted molar refractivity (Wildman–Crippen MR) is 134 cm³/mol. The lowest BCUT2D eigenvalue weighted by Crippen LogP contribution is -2.32. The van der Waals surface area contributed by atoms with Crippen LogP contribution in [0.1, 0.15) is 39.9 Å². The van der Waals surface area contributed by atoms with Crippen LogP contribution in [0.15, 0.2) is 82.0 Å². The Morgan fingerprint density at radius 3 is 2.31 bits per heavy atom. The largest absolute Gasteiger partial charge is 0.497 e. The van der Waals surface area contributed by atoms with Crippen molar-refractivity contribution in [1.29, 1.82) is 0 Å². The molecule has 1 aliphatic rings. The fourth-order valence-corrected chi connectivity index (χ4v) is 4.15. The third kappa shape index (κ3) is 5.22. The van der Waals surface area contributed by atoms with E-state index >= 15 is 0 Å². The number of nitrogens with zero attached hydrogens (tertiary/aromatic N) is 1. The highest BCUT2D eigenvalue weighted by molar-refractivity contribution is 5.94. The van der Waals surface area contributed by atoms with Crippen molar-refractivity contribution in [3.8, 4) is 11.5 Å². The summed E-state index contributed by atoms with van der Waals surface area (Å²) in [5.74, 6) is 1.46. The minimum Gasteiger partial charge on any atom is -0.497 e. The molecule has 6 nitrogen and oxygen atoms in total. The summed E-state index contributed by atoms with van der Waals surface area (Å²) in [5, 5.41) is 0.884. The van der Waals surface area contributed by atoms with E-state index in [1.807, 2.05) is 72.5 Å². The van der Waals surface area contributed by atoms with Gasteiger partial charge in [-0.25, -0.2) is 4.79 Å². The number of benzene rings is 3. The van der Waals surface area contributed by atoms with E-state index < -0.39 is 0 Å². The normalized spacial score (nSPS) is 13.0. The maximum Gasteiger partial charge on any atom is 0.336 e. The van der Waals surface area contributed by atoms with Gasteiger partial charge in [-0.05, 0) is 72.9 Å². The molecular formula is C29H27NO5. The molecule has 1 amide bonds. The molecule has 5 rings (SSSR count). The van der Waals surface area contributed by atoms with Crippen molar-refractivity contribution in [2.24, 2.45) is 0 Å². The molecule has 0 unspecified atom stereocenters. The number of fused-ring (bicyclic) bond motifs is 1. The Morgan fingerprint density at radius 2 is 1.63 bits per heavy atom. The van der Waals surface area contributed by atoms with Gasteiger partial charge in [0.05, 0.1) is 7.11 Å². The van der Waals surface area contributed by atoms with Crippen LogP contribution in [0.4, 0.5) is 0 Å². The molecule has 1 aromatic heterocycles. The van der Waals surface area contributed by atoms with Crippen molar-refractivity contribution >= 4 is 16.9 Å². The number of aryl methyl sites for hydroxylation is 1. The van der Waals surface area contributed by atoms with Gasteiger partial charge in [-0.15, -0.1) is 0 Å². The first-order valence-electron chi connectivity index (χ1n) is 11.7. The third-order valence-corrected chi connectivity index (χ3v) is 6.29. The summed E-state index contributed by atoms with van der Waals surface area (Å²) in [6.45, 7) is 2.80. The van der Waals surface area contributed by atoms with Crippen LogP contribution in [0.25, 0.3) is 11.0 Å². The average molecular weight is 470 g/mol. The number of carbonyl (C=O) groups is 1. The highest BCUT2D eigenvalue weighted by Crippen LogP contribution is 2.30. The summed E-state index contributed by atoms with van der Waals surface area (Å²) in [6, 6.07) is 22.6. The Balaban J connectivity index is 1.25.